The molecule has 24 heavy (non-hydrogen) atoms. The summed E-state index contributed by atoms with van der Waals surface area (Å²) in [6.07, 6.45) is 0. The van der Waals surface area contributed by atoms with Crippen LogP contribution in [0.3, 0.4) is 0 Å². The lowest BCUT2D eigenvalue weighted by atomic mass is 10.2. The Bertz CT molecular complexity index is 700. The summed E-state index contributed by atoms with van der Waals surface area (Å²) in [5.74, 6) is 0.128. The Morgan fingerprint density at radius 1 is 1.08 bits per heavy atom. The first-order valence-electron chi connectivity index (χ1n) is 7.89. The number of carbonyl (C=O) groups excluding carboxylic acids is 1. The Balaban J connectivity index is 1.49. The molecule has 1 aliphatic rings. The molecule has 4 nitrogen and oxygen atoms in total. The Labute approximate surface area is 155 Å². The SMILES string of the molecule is O=C(CNc1ccc(Br)cc1)N1CCN(c2cccc(Cl)c2)CC1. The van der Waals surface area contributed by atoms with E-state index in [4.69, 9.17) is 11.6 Å². The van der Waals surface area contributed by atoms with E-state index in [1.54, 1.807) is 0 Å². The number of piperazine rings is 1. The van der Waals surface area contributed by atoms with Crippen LogP contribution in [-0.4, -0.2) is 43.5 Å². The summed E-state index contributed by atoms with van der Waals surface area (Å²) < 4.78 is 1.02. The lowest BCUT2D eigenvalue weighted by Gasteiger charge is -2.36. The number of anilines is 2. The molecule has 0 radical (unpaired) electrons. The van der Waals surface area contributed by atoms with E-state index in [0.29, 0.717) is 6.54 Å². The number of nitrogens with one attached hydrogen (secondary N) is 1. The van der Waals surface area contributed by atoms with Crippen molar-refractivity contribution < 1.29 is 4.79 Å². The Morgan fingerprint density at radius 3 is 2.46 bits per heavy atom. The number of carbonyl (C=O) groups is 1. The maximum absolute atomic E-state index is 12.4. The second-order valence-corrected chi connectivity index (χ2v) is 7.06. The predicted molar refractivity (Wildman–Crippen MR) is 103 cm³/mol. The number of hydrogen-bond acceptors (Lipinski definition) is 3. The lowest BCUT2D eigenvalue weighted by molar-refractivity contribution is -0.129. The molecule has 1 aliphatic heterocycles. The number of nitrogens with zero attached hydrogens (tertiary/aromatic N) is 2. The molecule has 0 bridgehead atoms. The summed E-state index contributed by atoms with van der Waals surface area (Å²) in [6, 6.07) is 15.7. The van der Waals surface area contributed by atoms with E-state index in [0.717, 1.165) is 47.0 Å². The van der Waals surface area contributed by atoms with Crippen molar-refractivity contribution in [2.24, 2.45) is 0 Å². The molecule has 0 aromatic heterocycles. The minimum atomic E-state index is 0.128. The van der Waals surface area contributed by atoms with Gasteiger partial charge in [0.1, 0.15) is 0 Å². The second kappa shape index (κ2) is 7.90. The first kappa shape index (κ1) is 17.1. The van der Waals surface area contributed by atoms with Gasteiger partial charge in [-0.2, -0.15) is 0 Å². The molecule has 1 amide bonds. The van der Waals surface area contributed by atoms with E-state index in [9.17, 15) is 4.79 Å². The number of amides is 1. The van der Waals surface area contributed by atoms with Gasteiger partial charge in [-0.25, -0.2) is 0 Å². The van der Waals surface area contributed by atoms with Gasteiger partial charge in [0.15, 0.2) is 0 Å². The van der Waals surface area contributed by atoms with Gasteiger partial charge in [-0.05, 0) is 42.5 Å². The zero-order valence-electron chi connectivity index (χ0n) is 13.2. The van der Waals surface area contributed by atoms with Crippen LogP contribution in [0.1, 0.15) is 0 Å². The van der Waals surface area contributed by atoms with Crippen molar-refractivity contribution in [1.82, 2.24) is 4.90 Å². The first-order valence-corrected chi connectivity index (χ1v) is 9.07. The van der Waals surface area contributed by atoms with Crippen LogP contribution in [0, 0.1) is 0 Å². The van der Waals surface area contributed by atoms with Gasteiger partial charge in [-0.3, -0.25) is 4.79 Å². The Kier molecular flexibility index (Phi) is 5.63. The molecule has 2 aromatic rings. The Hall–Kier alpha value is -1.72. The maximum atomic E-state index is 12.4. The van der Waals surface area contributed by atoms with E-state index in [1.165, 1.54) is 0 Å². The maximum Gasteiger partial charge on any atom is 0.241 e. The summed E-state index contributed by atoms with van der Waals surface area (Å²) in [5, 5.41) is 3.92. The predicted octanol–water partition coefficient (Wildman–Crippen LogP) is 3.86. The molecule has 0 saturated carbocycles. The third-order valence-corrected chi connectivity index (χ3v) is 4.86. The van der Waals surface area contributed by atoms with Gasteiger partial charge < -0.3 is 15.1 Å². The number of halogens is 2. The van der Waals surface area contributed by atoms with Crippen LogP contribution in [0.5, 0.6) is 0 Å². The van der Waals surface area contributed by atoms with E-state index >= 15 is 0 Å². The van der Waals surface area contributed by atoms with E-state index in [-0.39, 0.29) is 5.91 Å². The Morgan fingerprint density at radius 2 is 1.79 bits per heavy atom. The van der Waals surface area contributed by atoms with Crippen molar-refractivity contribution in [3.05, 3.63) is 58.0 Å². The fraction of sp³-hybridized carbons (Fsp3) is 0.278. The van der Waals surface area contributed by atoms with Crippen molar-refractivity contribution >= 4 is 44.8 Å². The van der Waals surface area contributed by atoms with Crippen LogP contribution in [0.25, 0.3) is 0 Å². The van der Waals surface area contributed by atoms with Gasteiger partial charge in [0, 0.05) is 47.0 Å². The molecule has 1 N–H and O–H groups in total. The molecule has 1 heterocycles. The van der Waals surface area contributed by atoms with E-state index < -0.39 is 0 Å². The van der Waals surface area contributed by atoms with Crippen LogP contribution in [0.15, 0.2) is 53.0 Å². The molecule has 126 valence electrons. The molecule has 6 heteroatoms. The van der Waals surface area contributed by atoms with Crippen LogP contribution in [0.4, 0.5) is 11.4 Å². The highest BCUT2D eigenvalue weighted by Gasteiger charge is 2.21. The fourth-order valence-corrected chi connectivity index (χ4v) is 3.19. The average Bonchev–Trinajstić information content (AvgIpc) is 2.61. The third kappa shape index (κ3) is 4.42. The third-order valence-electron chi connectivity index (χ3n) is 4.09. The van der Waals surface area contributed by atoms with Gasteiger partial charge in [-0.15, -0.1) is 0 Å². The largest absolute Gasteiger partial charge is 0.376 e. The summed E-state index contributed by atoms with van der Waals surface area (Å²) >= 11 is 9.45. The van der Waals surface area contributed by atoms with Crippen molar-refractivity contribution in [3.8, 4) is 0 Å². The van der Waals surface area contributed by atoms with Crippen molar-refractivity contribution in [1.29, 1.82) is 0 Å². The fourth-order valence-electron chi connectivity index (χ4n) is 2.74. The molecule has 0 spiro atoms. The molecule has 0 unspecified atom stereocenters. The second-order valence-electron chi connectivity index (χ2n) is 5.71. The minimum absolute atomic E-state index is 0.128. The van der Waals surface area contributed by atoms with E-state index in [1.807, 2.05) is 47.4 Å². The summed E-state index contributed by atoms with van der Waals surface area (Å²) in [6.45, 7) is 3.42. The quantitative estimate of drug-likeness (QED) is 0.834. The lowest BCUT2D eigenvalue weighted by Crippen LogP contribution is -2.50. The van der Waals surface area contributed by atoms with Gasteiger partial charge in [0.25, 0.3) is 0 Å². The topological polar surface area (TPSA) is 35.6 Å². The van der Waals surface area contributed by atoms with Crippen LogP contribution in [0.2, 0.25) is 5.02 Å². The summed E-state index contributed by atoms with van der Waals surface area (Å²) in [5.41, 5.74) is 2.06. The summed E-state index contributed by atoms with van der Waals surface area (Å²) in [7, 11) is 0. The number of benzene rings is 2. The van der Waals surface area contributed by atoms with Gasteiger partial charge in [0.2, 0.25) is 5.91 Å². The number of hydrogen-bond donors (Lipinski definition) is 1. The molecule has 1 saturated heterocycles. The monoisotopic (exact) mass is 407 g/mol. The average molecular weight is 409 g/mol. The molecular formula is C18H19BrClN3O. The highest BCUT2D eigenvalue weighted by Crippen LogP contribution is 2.21. The van der Waals surface area contributed by atoms with Crippen molar-refractivity contribution in [3.63, 3.8) is 0 Å². The van der Waals surface area contributed by atoms with Crippen LogP contribution in [-0.2, 0) is 4.79 Å². The van der Waals surface area contributed by atoms with Gasteiger partial charge >= 0.3 is 0 Å². The molecular weight excluding hydrogens is 390 g/mol. The highest BCUT2D eigenvalue weighted by molar-refractivity contribution is 9.10. The van der Waals surface area contributed by atoms with Gasteiger partial charge in [-0.1, -0.05) is 33.6 Å². The molecule has 2 aromatic carbocycles. The normalized spacial score (nSPS) is 14.6. The molecule has 0 aliphatic carbocycles. The smallest absolute Gasteiger partial charge is 0.241 e. The van der Waals surface area contributed by atoms with Crippen molar-refractivity contribution in [2.45, 2.75) is 0 Å². The standard InChI is InChI=1S/C18H19BrClN3O/c19-14-4-6-16(7-5-14)21-13-18(24)23-10-8-22(9-11-23)17-3-1-2-15(20)12-17/h1-7,12,21H,8-11,13H2. The molecule has 1 fully saturated rings. The zero-order chi connectivity index (χ0) is 16.9. The zero-order valence-corrected chi connectivity index (χ0v) is 15.6. The molecule has 3 rings (SSSR count). The molecule has 0 atom stereocenters. The van der Waals surface area contributed by atoms with E-state index in [2.05, 4.69) is 32.2 Å². The summed E-state index contributed by atoms with van der Waals surface area (Å²) in [4.78, 5) is 16.5. The van der Waals surface area contributed by atoms with Crippen molar-refractivity contribution in [2.75, 3.05) is 42.9 Å². The minimum Gasteiger partial charge on any atom is -0.376 e. The highest BCUT2D eigenvalue weighted by atomic mass is 79.9. The first-order chi connectivity index (χ1) is 11.6. The van der Waals surface area contributed by atoms with Crippen LogP contribution >= 0.6 is 27.5 Å². The van der Waals surface area contributed by atoms with Gasteiger partial charge in [0.05, 0.1) is 6.54 Å². The number of rotatable bonds is 4. The van der Waals surface area contributed by atoms with Crippen LogP contribution < -0.4 is 10.2 Å².